The highest BCUT2D eigenvalue weighted by Crippen LogP contribution is 2.12. The molecule has 0 unspecified atom stereocenters. The molecule has 0 aliphatic heterocycles. The Morgan fingerprint density at radius 1 is 1.30 bits per heavy atom. The first-order valence-electron chi connectivity index (χ1n) is 6.95. The Labute approximate surface area is 127 Å². The zero-order valence-corrected chi connectivity index (χ0v) is 13.6. The van der Waals surface area contributed by atoms with Crippen LogP contribution in [0.4, 0.5) is 0 Å². The number of carbonyl (C=O) groups is 1. The number of hydrogen-bond acceptors (Lipinski definition) is 2. The Morgan fingerprint density at radius 3 is 2.45 bits per heavy atom. The third-order valence-corrected chi connectivity index (χ3v) is 3.67. The SMILES string of the molecule is Cc1ccc(CC(=O)N(CCC(N)=S)C(C)C)cc1C. The molecule has 0 spiro atoms. The van der Waals surface area contributed by atoms with Crippen LogP contribution < -0.4 is 5.73 Å². The molecule has 0 aliphatic rings. The zero-order chi connectivity index (χ0) is 15.3. The van der Waals surface area contributed by atoms with Crippen molar-refractivity contribution in [2.75, 3.05) is 6.54 Å². The van der Waals surface area contributed by atoms with Crippen molar-refractivity contribution in [2.45, 2.75) is 46.6 Å². The minimum atomic E-state index is 0.125. The van der Waals surface area contributed by atoms with E-state index >= 15 is 0 Å². The molecule has 1 aromatic carbocycles. The maximum absolute atomic E-state index is 12.4. The highest BCUT2D eigenvalue weighted by atomic mass is 32.1. The molecule has 110 valence electrons. The molecular weight excluding hydrogens is 268 g/mol. The highest BCUT2D eigenvalue weighted by molar-refractivity contribution is 7.80. The van der Waals surface area contributed by atoms with E-state index in [1.54, 1.807) is 0 Å². The van der Waals surface area contributed by atoms with Gasteiger partial charge >= 0.3 is 0 Å². The number of rotatable bonds is 6. The second-order valence-electron chi connectivity index (χ2n) is 5.49. The molecule has 3 nitrogen and oxygen atoms in total. The van der Waals surface area contributed by atoms with E-state index in [4.69, 9.17) is 18.0 Å². The van der Waals surface area contributed by atoms with Crippen LogP contribution in [0.2, 0.25) is 0 Å². The molecule has 4 heteroatoms. The summed E-state index contributed by atoms with van der Waals surface area (Å²) >= 11 is 4.89. The second kappa shape index (κ2) is 7.39. The number of nitrogens with two attached hydrogens (primary N) is 1. The molecule has 0 heterocycles. The topological polar surface area (TPSA) is 46.3 Å². The van der Waals surface area contributed by atoms with Crippen molar-refractivity contribution in [1.29, 1.82) is 0 Å². The van der Waals surface area contributed by atoms with Crippen molar-refractivity contribution in [3.8, 4) is 0 Å². The van der Waals surface area contributed by atoms with Crippen LogP contribution in [0.5, 0.6) is 0 Å². The normalized spacial score (nSPS) is 10.7. The van der Waals surface area contributed by atoms with Gasteiger partial charge in [-0.15, -0.1) is 0 Å². The predicted octanol–water partition coefficient (Wildman–Crippen LogP) is 2.76. The number of hydrogen-bond donors (Lipinski definition) is 1. The molecule has 0 atom stereocenters. The zero-order valence-electron chi connectivity index (χ0n) is 12.8. The van der Waals surface area contributed by atoms with E-state index < -0.39 is 0 Å². The summed E-state index contributed by atoms with van der Waals surface area (Å²) in [5.41, 5.74) is 9.04. The van der Waals surface area contributed by atoms with E-state index in [1.165, 1.54) is 11.1 Å². The Kier molecular flexibility index (Phi) is 6.14. The molecule has 0 saturated heterocycles. The molecule has 1 aromatic rings. The Bertz CT molecular complexity index is 497. The van der Waals surface area contributed by atoms with Gasteiger partial charge in [-0.05, 0) is 44.4 Å². The minimum Gasteiger partial charge on any atom is -0.393 e. The highest BCUT2D eigenvalue weighted by Gasteiger charge is 2.17. The van der Waals surface area contributed by atoms with Crippen molar-refractivity contribution >= 4 is 23.1 Å². The van der Waals surface area contributed by atoms with Gasteiger partial charge in [0.05, 0.1) is 11.4 Å². The Hall–Kier alpha value is -1.42. The van der Waals surface area contributed by atoms with Crippen LogP contribution in [0, 0.1) is 13.8 Å². The van der Waals surface area contributed by atoms with Gasteiger partial charge in [0.1, 0.15) is 0 Å². The van der Waals surface area contributed by atoms with Gasteiger partial charge in [0.15, 0.2) is 0 Å². The van der Waals surface area contributed by atoms with Crippen molar-refractivity contribution in [2.24, 2.45) is 5.73 Å². The number of amides is 1. The summed E-state index contributed by atoms with van der Waals surface area (Å²) in [7, 11) is 0. The van der Waals surface area contributed by atoms with Crippen molar-refractivity contribution in [3.63, 3.8) is 0 Å². The number of carbonyl (C=O) groups excluding carboxylic acids is 1. The van der Waals surface area contributed by atoms with Crippen LogP contribution in [-0.4, -0.2) is 28.4 Å². The fraction of sp³-hybridized carbons (Fsp3) is 0.500. The van der Waals surface area contributed by atoms with Crippen LogP contribution in [0.3, 0.4) is 0 Å². The molecule has 0 aromatic heterocycles. The van der Waals surface area contributed by atoms with Crippen LogP contribution >= 0.6 is 12.2 Å². The lowest BCUT2D eigenvalue weighted by molar-refractivity contribution is -0.132. The van der Waals surface area contributed by atoms with E-state index in [1.807, 2.05) is 24.8 Å². The van der Waals surface area contributed by atoms with Gasteiger partial charge in [-0.1, -0.05) is 30.4 Å². The molecule has 0 radical (unpaired) electrons. The van der Waals surface area contributed by atoms with Gasteiger partial charge in [0.25, 0.3) is 0 Å². The maximum atomic E-state index is 12.4. The molecule has 20 heavy (non-hydrogen) atoms. The molecule has 0 bridgehead atoms. The van der Waals surface area contributed by atoms with Crippen LogP contribution in [0.25, 0.3) is 0 Å². The van der Waals surface area contributed by atoms with Crippen LogP contribution in [-0.2, 0) is 11.2 Å². The third-order valence-electron chi connectivity index (χ3n) is 3.47. The monoisotopic (exact) mass is 292 g/mol. The average molecular weight is 292 g/mol. The first-order valence-corrected chi connectivity index (χ1v) is 7.36. The van der Waals surface area contributed by atoms with Gasteiger partial charge in [0.2, 0.25) is 5.91 Å². The van der Waals surface area contributed by atoms with E-state index in [2.05, 4.69) is 26.0 Å². The lowest BCUT2D eigenvalue weighted by atomic mass is 10.0. The van der Waals surface area contributed by atoms with Crippen LogP contribution in [0.1, 0.15) is 37.0 Å². The van der Waals surface area contributed by atoms with Crippen molar-refractivity contribution in [1.82, 2.24) is 4.90 Å². The van der Waals surface area contributed by atoms with Gasteiger partial charge in [0, 0.05) is 19.0 Å². The Balaban J connectivity index is 2.74. The average Bonchev–Trinajstić information content (AvgIpc) is 2.33. The summed E-state index contributed by atoms with van der Waals surface area (Å²) in [5, 5.41) is 0. The lowest BCUT2D eigenvalue weighted by Gasteiger charge is -2.27. The summed E-state index contributed by atoms with van der Waals surface area (Å²) in [5.74, 6) is 0.125. The molecule has 2 N–H and O–H groups in total. The largest absolute Gasteiger partial charge is 0.393 e. The smallest absolute Gasteiger partial charge is 0.227 e. The molecule has 1 rings (SSSR count). The molecular formula is C16H24N2OS. The fourth-order valence-corrected chi connectivity index (χ4v) is 2.18. The Morgan fingerprint density at radius 2 is 1.95 bits per heavy atom. The fourth-order valence-electron chi connectivity index (χ4n) is 2.09. The minimum absolute atomic E-state index is 0.125. The summed E-state index contributed by atoms with van der Waals surface area (Å²) in [4.78, 5) is 14.7. The van der Waals surface area contributed by atoms with E-state index in [-0.39, 0.29) is 11.9 Å². The van der Waals surface area contributed by atoms with E-state index in [0.717, 1.165) is 5.56 Å². The molecule has 0 aliphatic carbocycles. The summed E-state index contributed by atoms with van der Waals surface area (Å²) < 4.78 is 0. The van der Waals surface area contributed by atoms with Crippen LogP contribution in [0.15, 0.2) is 18.2 Å². The number of aryl methyl sites for hydroxylation is 2. The summed E-state index contributed by atoms with van der Waals surface area (Å²) in [6.45, 7) is 8.76. The standard InChI is InChI=1S/C16H24N2OS/c1-11(2)18(8-7-15(17)20)16(19)10-14-6-5-12(3)13(4)9-14/h5-6,9,11H,7-8,10H2,1-4H3,(H2,17,20). The second-order valence-corrected chi connectivity index (χ2v) is 6.02. The molecule has 0 fully saturated rings. The third kappa shape index (κ3) is 4.93. The number of benzene rings is 1. The van der Waals surface area contributed by atoms with E-state index in [9.17, 15) is 4.79 Å². The van der Waals surface area contributed by atoms with E-state index in [0.29, 0.717) is 24.4 Å². The lowest BCUT2D eigenvalue weighted by Crippen LogP contribution is -2.39. The molecule has 1 amide bonds. The van der Waals surface area contributed by atoms with Crippen molar-refractivity contribution < 1.29 is 4.79 Å². The first-order chi connectivity index (χ1) is 9.31. The maximum Gasteiger partial charge on any atom is 0.227 e. The number of thiocarbonyl (C=S) groups is 1. The quantitative estimate of drug-likeness (QED) is 0.820. The van der Waals surface area contributed by atoms with Gasteiger partial charge in [-0.25, -0.2) is 0 Å². The van der Waals surface area contributed by atoms with Gasteiger partial charge in [-0.3, -0.25) is 4.79 Å². The van der Waals surface area contributed by atoms with Crippen molar-refractivity contribution in [3.05, 3.63) is 34.9 Å². The summed E-state index contributed by atoms with van der Waals surface area (Å²) in [6.07, 6.45) is 1.00. The first kappa shape index (κ1) is 16.6. The summed E-state index contributed by atoms with van der Waals surface area (Å²) in [6, 6.07) is 6.32. The van der Waals surface area contributed by atoms with Gasteiger partial charge in [-0.2, -0.15) is 0 Å². The molecule has 0 saturated carbocycles. The van der Waals surface area contributed by atoms with Gasteiger partial charge < -0.3 is 10.6 Å². The number of nitrogens with zero attached hydrogens (tertiary/aromatic N) is 1. The predicted molar refractivity (Wildman–Crippen MR) is 87.9 cm³/mol.